The third-order valence-corrected chi connectivity index (χ3v) is 5.15. The molecule has 1 aliphatic heterocycles. The minimum atomic E-state index is 0.178. The Morgan fingerprint density at radius 3 is 2.48 bits per heavy atom. The zero-order valence-electron chi connectivity index (χ0n) is 16.1. The summed E-state index contributed by atoms with van der Waals surface area (Å²) in [7, 11) is 0. The fourth-order valence-electron chi connectivity index (χ4n) is 3.45. The van der Waals surface area contributed by atoms with Gasteiger partial charge in [-0.25, -0.2) is 15.0 Å². The van der Waals surface area contributed by atoms with Gasteiger partial charge in [0, 0.05) is 37.3 Å². The molecule has 3 aromatic rings. The van der Waals surface area contributed by atoms with Gasteiger partial charge < -0.3 is 10.2 Å². The monoisotopic (exact) mass is 359 g/mol. The number of rotatable bonds is 4. The maximum absolute atomic E-state index is 4.59. The molecule has 0 radical (unpaired) electrons. The highest BCUT2D eigenvalue weighted by Crippen LogP contribution is 2.28. The number of hydrogen-bond donors (Lipinski definition) is 1. The quantitative estimate of drug-likeness (QED) is 0.756. The molecule has 0 bridgehead atoms. The first-order valence-electron chi connectivity index (χ1n) is 9.43. The maximum atomic E-state index is 4.59. The van der Waals surface area contributed by atoms with Crippen LogP contribution in [0.2, 0.25) is 0 Å². The van der Waals surface area contributed by atoms with Crippen LogP contribution in [0.5, 0.6) is 0 Å². The summed E-state index contributed by atoms with van der Waals surface area (Å²) < 4.78 is 0. The lowest BCUT2D eigenvalue weighted by Gasteiger charge is -2.30. The van der Waals surface area contributed by atoms with Crippen molar-refractivity contribution < 1.29 is 0 Å². The zero-order valence-corrected chi connectivity index (χ0v) is 16.1. The van der Waals surface area contributed by atoms with Gasteiger partial charge in [0.1, 0.15) is 18.0 Å². The first-order valence-corrected chi connectivity index (χ1v) is 9.43. The van der Waals surface area contributed by atoms with E-state index in [-0.39, 0.29) is 6.04 Å². The van der Waals surface area contributed by atoms with E-state index >= 15 is 0 Å². The normalized spacial score (nSPS) is 14.6. The van der Waals surface area contributed by atoms with Gasteiger partial charge in [-0.2, -0.15) is 0 Å². The Hall–Kier alpha value is -2.95. The average molecular weight is 359 g/mol. The molecule has 5 nitrogen and oxygen atoms in total. The molecule has 138 valence electrons. The highest BCUT2D eigenvalue weighted by molar-refractivity contribution is 5.53. The SMILES string of the molecule is Cc1ccc([C@H](C)Nc2ncnc3c2CN(c2ccc(C)cn2)CC3)cc1. The predicted octanol–water partition coefficient (Wildman–Crippen LogP) is 4.22. The Morgan fingerprint density at radius 2 is 1.74 bits per heavy atom. The molecule has 3 heterocycles. The van der Waals surface area contributed by atoms with Gasteiger partial charge in [-0.3, -0.25) is 0 Å². The molecule has 0 unspecified atom stereocenters. The molecule has 0 aliphatic carbocycles. The van der Waals surface area contributed by atoms with E-state index in [1.807, 2.05) is 6.20 Å². The summed E-state index contributed by atoms with van der Waals surface area (Å²) >= 11 is 0. The summed E-state index contributed by atoms with van der Waals surface area (Å²) in [6.07, 6.45) is 4.49. The maximum Gasteiger partial charge on any atom is 0.135 e. The molecule has 2 aromatic heterocycles. The standard InChI is InChI=1S/C22H25N5/c1-15-4-7-18(8-5-15)17(3)26-22-19-13-27(11-10-20(19)24-14-25-22)21-9-6-16(2)12-23-21/h4-9,12,14,17H,10-11,13H2,1-3H3,(H,24,25,26)/t17-/m0/s1. The van der Waals surface area contributed by atoms with Gasteiger partial charge >= 0.3 is 0 Å². The molecule has 4 rings (SSSR count). The van der Waals surface area contributed by atoms with Gasteiger partial charge in [-0.1, -0.05) is 35.9 Å². The summed E-state index contributed by atoms with van der Waals surface area (Å²) in [4.78, 5) is 15.9. The second-order valence-electron chi connectivity index (χ2n) is 7.29. The molecule has 1 aliphatic rings. The van der Waals surface area contributed by atoms with Crippen molar-refractivity contribution in [2.24, 2.45) is 0 Å². The van der Waals surface area contributed by atoms with Crippen LogP contribution in [-0.2, 0) is 13.0 Å². The molecule has 1 N–H and O–H groups in total. The number of aromatic nitrogens is 3. The second kappa shape index (κ2) is 7.35. The van der Waals surface area contributed by atoms with E-state index in [4.69, 9.17) is 0 Å². The lowest BCUT2D eigenvalue weighted by atomic mass is 10.0. The summed E-state index contributed by atoms with van der Waals surface area (Å²) in [6, 6.07) is 13.0. The zero-order chi connectivity index (χ0) is 18.8. The van der Waals surface area contributed by atoms with Crippen LogP contribution in [0.25, 0.3) is 0 Å². The molecule has 5 heteroatoms. The van der Waals surface area contributed by atoms with Crippen LogP contribution in [-0.4, -0.2) is 21.5 Å². The number of pyridine rings is 1. The number of aryl methyl sites for hydroxylation is 2. The van der Waals surface area contributed by atoms with Crippen LogP contribution in [0, 0.1) is 13.8 Å². The molecule has 0 spiro atoms. The first-order chi connectivity index (χ1) is 13.1. The molecule has 0 saturated heterocycles. The average Bonchev–Trinajstić information content (AvgIpc) is 2.69. The number of hydrogen-bond acceptors (Lipinski definition) is 5. The van der Waals surface area contributed by atoms with E-state index in [1.54, 1.807) is 6.33 Å². The highest BCUT2D eigenvalue weighted by Gasteiger charge is 2.22. The molecular formula is C22H25N5. The number of nitrogens with one attached hydrogen (secondary N) is 1. The predicted molar refractivity (Wildman–Crippen MR) is 109 cm³/mol. The van der Waals surface area contributed by atoms with E-state index in [9.17, 15) is 0 Å². The Morgan fingerprint density at radius 1 is 0.963 bits per heavy atom. The molecule has 0 fully saturated rings. The topological polar surface area (TPSA) is 53.9 Å². The van der Waals surface area contributed by atoms with Crippen LogP contribution >= 0.6 is 0 Å². The van der Waals surface area contributed by atoms with Crippen LogP contribution < -0.4 is 10.2 Å². The molecule has 27 heavy (non-hydrogen) atoms. The lowest BCUT2D eigenvalue weighted by Crippen LogP contribution is -2.32. The van der Waals surface area contributed by atoms with Crippen molar-refractivity contribution in [2.45, 2.75) is 39.8 Å². The Kier molecular flexibility index (Phi) is 4.75. The Labute approximate surface area is 160 Å². The number of nitrogens with zero attached hydrogens (tertiary/aromatic N) is 4. The van der Waals surface area contributed by atoms with Gasteiger partial charge in [-0.15, -0.1) is 0 Å². The van der Waals surface area contributed by atoms with Crippen molar-refractivity contribution in [2.75, 3.05) is 16.8 Å². The van der Waals surface area contributed by atoms with Crippen molar-refractivity contribution in [3.63, 3.8) is 0 Å². The van der Waals surface area contributed by atoms with Crippen molar-refractivity contribution >= 4 is 11.6 Å². The summed E-state index contributed by atoms with van der Waals surface area (Å²) in [5, 5.41) is 3.59. The van der Waals surface area contributed by atoms with Crippen molar-refractivity contribution in [3.8, 4) is 0 Å². The molecule has 1 aromatic carbocycles. The largest absolute Gasteiger partial charge is 0.363 e. The third-order valence-electron chi connectivity index (χ3n) is 5.15. The van der Waals surface area contributed by atoms with Crippen molar-refractivity contribution in [1.29, 1.82) is 0 Å². The third kappa shape index (κ3) is 3.77. The van der Waals surface area contributed by atoms with Crippen molar-refractivity contribution in [1.82, 2.24) is 15.0 Å². The van der Waals surface area contributed by atoms with E-state index in [0.29, 0.717) is 0 Å². The van der Waals surface area contributed by atoms with Crippen molar-refractivity contribution in [3.05, 3.63) is 76.9 Å². The molecular weight excluding hydrogens is 334 g/mol. The van der Waals surface area contributed by atoms with Gasteiger partial charge in [0.05, 0.1) is 5.69 Å². The first kappa shape index (κ1) is 17.5. The van der Waals surface area contributed by atoms with E-state index in [1.165, 1.54) is 22.3 Å². The van der Waals surface area contributed by atoms with E-state index < -0.39 is 0 Å². The number of fused-ring (bicyclic) bond motifs is 1. The van der Waals surface area contributed by atoms with E-state index in [0.717, 1.165) is 36.8 Å². The van der Waals surface area contributed by atoms with E-state index in [2.05, 4.69) is 82.3 Å². The fourth-order valence-corrected chi connectivity index (χ4v) is 3.45. The second-order valence-corrected chi connectivity index (χ2v) is 7.29. The molecule has 0 saturated carbocycles. The fraction of sp³-hybridized carbons (Fsp3) is 0.318. The molecule has 1 atom stereocenters. The lowest BCUT2D eigenvalue weighted by molar-refractivity contribution is 0.694. The summed E-state index contributed by atoms with van der Waals surface area (Å²) in [5.74, 6) is 1.93. The minimum absolute atomic E-state index is 0.178. The van der Waals surface area contributed by atoms with Gasteiger partial charge in [0.15, 0.2) is 0 Å². The number of anilines is 2. The Balaban J connectivity index is 1.57. The summed E-state index contributed by atoms with van der Waals surface area (Å²) in [6.45, 7) is 8.03. The van der Waals surface area contributed by atoms with Crippen LogP contribution in [0.4, 0.5) is 11.6 Å². The van der Waals surface area contributed by atoms with Gasteiger partial charge in [0.2, 0.25) is 0 Å². The van der Waals surface area contributed by atoms with Gasteiger partial charge in [0.25, 0.3) is 0 Å². The number of benzene rings is 1. The van der Waals surface area contributed by atoms with Crippen LogP contribution in [0.1, 0.15) is 40.9 Å². The summed E-state index contributed by atoms with van der Waals surface area (Å²) in [5.41, 5.74) is 6.00. The smallest absolute Gasteiger partial charge is 0.135 e. The Bertz CT molecular complexity index is 918. The van der Waals surface area contributed by atoms with Crippen LogP contribution in [0.15, 0.2) is 48.9 Å². The van der Waals surface area contributed by atoms with Gasteiger partial charge in [-0.05, 0) is 38.0 Å². The van der Waals surface area contributed by atoms with Crippen LogP contribution in [0.3, 0.4) is 0 Å². The minimum Gasteiger partial charge on any atom is -0.363 e. The highest BCUT2D eigenvalue weighted by atomic mass is 15.2. The molecule has 0 amide bonds.